The van der Waals surface area contributed by atoms with Crippen molar-refractivity contribution in [2.45, 2.75) is 53.6 Å². The van der Waals surface area contributed by atoms with Crippen LogP contribution in [-0.4, -0.2) is 11.0 Å². The number of furan rings is 1. The van der Waals surface area contributed by atoms with Gasteiger partial charge in [0.1, 0.15) is 5.76 Å². The van der Waals surface area contributed by atoms with Crippen molar-refractivity contribution < 1.29 is 14.3 Å². The molecular weight excluding hydrogens is 302 g/mol. The zero-order valence-corrected chi connectivity index (χ0v) is 15.0. The number of benzene rings is 1. The lowest BCUT2D eigenvalue weighted by molar-refractivity contribution is 0.0910. The smallest absolute Gasteiger partial charge is 0.291 e. The summed E-state index contributed by atoms with van der Waals surface area (Å²) in [7, 11) is 0. The highest BCUT2D eigenvalue weighted by Gasteiger charge is 2.37. The normalized spacial score (nSPS) is 19.0. The number of aryl methyl sites for hydroxylation is 1. The molecule has 1 aromatic carbocycles. The Morgan fingerprint density at radius 3 is 2.67 bits per heavy atom. The standard InChI is InChI=1S/C20H25NO3/c1-11-7-6-8-14(12(11)2)21-19(23)18-13(3)17-15(22)9-20(4,5)10-16(17)24-18/h6-8,15,22H,9-10H2,1-5H3,(H,21,23). The van der Waals surface area contributed by atoms with Gasteiger partial charge in [0, 0.05) is 23.2 Å². The van der Waals surface area contributed by atoms with Crippen LogP contribution in [0.4, 0.5) is 5.69 Å². The van der Waals surface area contributed by atoms with Gasteiger partial charge in [-0.15, -0.1) is 0 Å². The van der Waals surface area contributed by atoms with Crippen LogP contribution in [0.3, 0.4) is 0 Å². The Kier molecular flexibility index (Phi) is 4.04. The van der Waals surface area contributed by atoms with E-state index in [9.17, 15) is 9.90 Å². The molecule has 0 fully saturated rings. The molecule has 3 rings (SSSR count). The van der Waals surface area contributed by atoms with Gasteiger partial charge in [-0.2, -0.15) is 0 Å². The molecule has 0 bridgehead atoms. The Morgan fingerprint density at radius 1 is 1.25 bits per heavy atom. The van der Waals surface area contributed by atoms with Crippen LogP contribution in [0.5, 0.6) is 0 Å². The van der Waals surface area contributed by atoms with E-state index in [0.717, 1.165) is 40.1 Å². The zero-order valence-electron chi connectivity index (χ0n) is 15.0. The number of hydrogen-bond donors (Lipinski definition) is 2. The van der Waals surface area contributed by atoms with E-state index in [-0.39, 0.29) is 11.3 Å². The Bertz CT molecular complexity index is 801. The number of amides is 1. The number of hydrogen-bond acceptors (Lipinski definition) is 3. The van der Waals surface area contributed by atoms with Crippen LogP contribution in [-0.2, 0) is 6.42 Å². The minimum atomic E-state index is -0.574. The maximum absolute atomic E-state index is 12.7. The van der Waals surface area contributed by atoms with Crippen molar-refractivity contribution in [2.75, 3.05) is 5.32 Å². The van der Waals surface area contributed by atoms with Crippen LogP contribution < -0.4 is 5.32 Å². The topological polar surface area (TPSA) is 62.5 Å². The average molecular weight is 327 g/mol. The molecule has 1 aromatic heterocycles. The third-order valence-electron chi connectivity index (χ3n) is 5.05. The molecule has 1 unspecified atom stereocenters. The van der Waals surface area contributed by atoms with Crippen LogP contribution in [0.15, 0.2) is 22.6 Å². The second-order valence-corrected chi connectivity index (χ2v) is 7.66. The quantitative estimate of drug-likeness (QED) is 0.856. The third kappa shape index (κ3) is 2.86. The minimum absolute atomic E-state index is 0.0302. The molecule has 0 saturated heterocycles. The van der Waals surface area contributed by atoms with Gasteiger partial charge in [-0.05, 0) is 49.8 Å². The molecule has 0 spiro atoms. The van der Waals surface area contributed by atoms with Crippen LogP contribution >= 0.6 is 0 Å². The van der Waals surface area contributed by atoms with Crippen LogP contribution in [0, 0.1) is 26.2 Å². The largest absolute Gasteiger partial charge is 0.455 e. The maximum atomic E-state index is 12.7. The molecule has 1 aliphatic rings. The molecule has 1 heterocycles. The second-order valence-electron chi connectivity index (χ2n) is 7.66. The fourth-order valence-corrected chi connectivity index (χ4v) is 3.57. The summed E-state index contributed by atoms with van der Waals surface area (Å²) >= 11 is 0. The number of nitrogens with one attached hydrogen (secondary N) is 1. The first kappa shape index (κ1) is 16.8. The Balaban J connectivity index is 1.93. The second kappa shape index (κ2) is 5.78. The number of carbonyl (C=O) groups is 1. The molecule has 128 valence electrons. The van der Waals surface area contributed by atoms with Gasteiger partial charge in [-0.1, -0.05) is 26.0 Å². The molecule has 2 aromatic rings. The fourth-order valence-electron chi connectivity index (χ4n) is 3.57. The van der Waals surface area contributed by atoms with Gasteiger partial charge >= 0.3 is 0 Å². The molecule has 1 amide bonds. The van der Waals surface area contributed by atoms with Crippen molar-refractivity contribution in [3.8, 4) is 0 Å². The van der Waals surface area contributed by atoms with Crippen molar-refractivity contribution in [3.05, 3.63) is 52.0 Å². The first-order valence-corrected chi connectivity index (χ1v) is 8.37. The van der Waals surface area contributed by atoms with Crippen LogP contribution in [0.2, 0.25) is 0 Å². The molecule has 1 aliphatic carbocycles. The summed E-state index contributed by atoms with van der Waals surface area (Å²) in [6, 6.07) is 5.82. The van der Waals surface area contributed by atoms with Crippen molar-refractivity contribution in [1.82, 2.24) is 0 Å². The highest BCUT2D eigenvalue weighted by molar-refractivity contribution is 6.04. The number of rotatable bonds is 2. The first-order valence-electron chi connectivity index (χ1n) is 8.37. The molecule has 0 radical (unpaired) electrons. The lowest BCUT2D eigenvalue weighted by Crippen LogP contribution is -2.24. The number of anilines is 1. The zero-order chi connectivity index (χ0) is 17.6. The lowest BCUT2D eigenvalue weighted by atomic mass is 9.75. The van der Waals surface area contributed by atoms with E-state index in [2.05, 4.69) is 19.2 Å². The summed E-state index contributed by atoms with van der Waals surface area (Å²) in [5.41, 5.74) is 4.46. The molecule has 4 nitrogen and oxygen atoms in total. The molecule has 0 aliphatic heterocycles. The van der Waals surface area contributed by atoms with E-state index >= 15 is 0 Å². The molecule has 2 N–H and O–H groups in total. The summed E-state index contributed by atoms with van der Waals surface area (Å²) in [4.78, 5) is 12.7. The van der Waals surface area contributed by atoms with Gasteiger partial charge in [-0.25, -0.2) is 0 Å². The van der Waals surface area contributed by atoms with Gasteiger partial charge < -0.3 is 14.8 Å². The van der Waals surface area contributed by atoms with E-state index in [1.165, 1.54) is 0 Å². The summed E-state index contributed by atoms with van der Waals surface area (Å²) in [6.45, 7) is 10.1. The Hall–Kier alpha value is -2.07. The number of aliphatic hydroxyl groups excluding tert-OH is 1. The van der Waals surface area contributed by atoms with Gasteiger partial charge in [0.25, 0.3) is 5.91 Å². The number of fused-ring (bicyclic) bond motifs is 1. The van der Waals surface area contributed by atoms with Gasteiger partial charge in [-0.3, -0.25) is 4.79 Å². The molecule has 24 heavy (non-hydrogen) atoms. The Morgan fingerprint density at radius 2 is 1.96 bits per heavy atom. The highest BCUT2D eigenvalue weighted by Crippen LogP contribution is 2.44. The van der Waals surface area contributed by atoms with E-state index < -0.39 is 6.10 Å². The van der Waals surface area contributed by atoms with Gasteiger partial charge in [0.2, 0.25) is 0 Å². The van der Waals surface area contributed by atoms with Gasteiger partial charge in [0.15, 0.2) is 5.76 Å². The summed E-state index contributed by atoms with van der Waals surface area (Å²) < 4.78 is 5.87. The van der Waals surface area contributed by atoms with Crippen molar-refractivity contribution in [3.63, 3.8) is 0 Å². The summed E-state index contributed by atoms with van der Waals surface area (Å²) in [5.74, 6) is 0.778. The van der Waals surface area contributed by atoms with Crippen molar-refractivity contribution in [2.24, 2.45) is 5.41 Å². The Labute approximate surface area is 142 Å². The van der Waals surface area contributed by atoms with Crippen molar-refractivity contribution in [1.29, 1.82) is 0 Å². The third-order valence-corrected chi connectivity index (χ3v) is 5.05. The molecular formula is C20H25NO3. The molecule has 1 atom stereocenters. The number of aliphatic hydroxyl groups is 1. The summed E-state index contributed by atoms with van der Waals surface area (Å²) in [6.07, 6.45) is 0.838. The highest BCUT2D eigenvalue weighted by atomic mass is 16.4. The van der Waals surface area contributed by atoms with E-state index in [0.29, 0.717) is 12.2 Å². The first-order chi connectivity index (χ1) is 11.2. The van der Waals surface area contributed by atoms with E-state index in [1.807, 2.05) is 39.0 Å². The lowest BCUT2D eigenvalue weighted by Gasteiger charge is -2.31. The van der Waals surface area contributed by atoms with Crippen LogP contribution in [0.25, 0.3) is 0 Å². The van der Waals surface area contributed by atoms with Crippen LogP contribution in [0.1, 0.15) is 64.9 Å². The van der Waals surface area contributed by atoms with E-state index in [1.54, 1.807) is 0 Å². The fraction of sp³-hybridized carbons (Fsp3) is 0.450. The monoisotopic (exact) mass is 327 g/mol. The predicted octanol–water partition coefficient (Wildman–Crippen LogP) is 4.46. The number of carbonyl (C=O) groups excluding carboxylic acids is 1. The van der Waals surface area contributed by atoms with E-state index in [4.69, 9.17) is 4.42 Å². The van der Waals surface area contributed by atoms with Crippen molar-refractivity contribution >= 4 is 11.6 Å². The minimum Gasteiger partial charge on any atom is -0.455 e. The molecule has 0 saturated carbocycles. The summed E-state index contributed by atoms with van der Waals surface area (Å²) in [5, 5.41) is 13.4. The predicted molar refractivity (Wildman–Crippen MR) is 94.4 cm³/mol. The SMILES string of the molecule is Cc1cccc(NC(=O)c2oc3c(c2C)C(O)CC(C)(C)C3)c1C. The maximum Gasteiger partial charge on any atom is 0.291 e. The van der Waals surface area contributed by atoms with Gasteiger partial charge in [0.05, 0.1) is 6.10 Å². The molecule has 4 heteroatoms. The average Bonchev–Trinajstić information content (AvgIpc) is 2.79.